The van der Waals surface area contributed by atoms with Crippen LogP contribution in [0.4, 0.5) is 5.82 Å². The highest BCUT2D eigenvalue weighted by molar-refractivity contribution is 5.86. The number of fused-ring (bicyclic) bond motifs is 1. The third-order valence-corrected chi connectivity index (χ3v) is 3.65. The zero-order chi connectivity index (χ0) is 13.2. The van der Waals surface area contributed by atoms with E-state index in [-0.39, 0.29) is 0 Å². The largest absolute Gasteiger partial charge is 0.378 e. The molecule has 0 amide bonds. The van der Waals surface area contributed by atoms with Crippen molar-refractivity contribution in [2.75, 3.05) is 24.6 Å². The van der Waals surface area contributed by atoms with Crippen molar-refractivity contribution in [1.29, 1.82) is 0 Å². The number of hydrogen-bond donors (Lipinski definition) is 0. The van der Waals surface area contributed by atoms with Crippen LogP contribution in [0.3, 0.4) is 0 Å². The Hall–Kier alpha value is -1.69. The molecule has 0 spiro atoms. The summed E-state index contributed by atoms with van der Waals surface area (Å²) in [7, 11) is 1.90. The van der Waals surface area contributed by atoms with Crippen LogP contribution in [0.1, 0.15) is 19.8 Å². The smallest absolute Gasteiger partial charge is 0.163 e. The van der Waals surface area contributed by atoms with Crippen molar-refractivity contribution in [2.45, 2.75) is 25.9 Å². The van der Waals surface area contributed by atoms with Gasteiger partial charge in [0.1, 0.15) is 12.1 Å². The molecule has 0 N–H and O–H groups in total. The summed E-state index contributed by atoms with van der Waals surface area (Å²) in [5.41, 5.74) is 0.886. The van der Waals surface area contributed by atoms with Gasteiger partial charge in [0.15, 0.2) is 5.65 Å². The second kappa shape index (κ2) is 5.13. The summed E-state index contributed by atoms with van der Waals surface area (Å²) >= 11 is 0. The van der Waals surface area contributed by atoms with E-state index in [1.54, 1.807) is 11.0 Å². The fraction of sp³-hybridized carbons (Fsp3) is 0.615. The molecule has 0 bridgehead atoms. The van der Waals surface area contributed by atoms with Crippen molar-refractivity contribution in [3.05, 3.63) is 12.5 Å². The maximum absolute atomic E-state index is 5.68. The van der Waals surface area contributed by atoms with E-state index in [0.717, 1.165) is 49.4 Å². The third kappa shape index (κ3) is 2.28. The molecule has 3 rings (SSSR count). The molecular formula is C13H19N5O. The minimum Gasteiger partial charge on any atom is -0.378 e. The average Bonchev–Trinajstić information content (AvgIpc) is 2.82. The molecule has 102 valence electrons. The number of nitrogens with zero attached hydrogens (tertiary/aromatic N) is 5. The van der Waals surface area contributed by atoms with E-state index < -0.39 is 0 Å². The molecule has 0 atom stereocenters. The minimum absolute atomic E-state index is 0.396. The molecule has 0 radical (unpaired) electrons. The lowest BCUT2D eigenvalue weighted by atomic mass is 10.1. The Labute approximate surface area is 112 Å². The van der Waals surface area contributed by atoms with E-state index >= 15 is 0 Å². The first-order valence-electron chi connectivity index (χ1n) is 6.79. The van der Waals surface area contributed by atoms with Crippen LogP contribution in [0.15, 0.2) is 12.5 Å². The van der Waals surface area contributed by atoms with Crippen LogP contribution in [-0.2, 0) is 11.8 Å². The van der Waals surface area contributed by atoms with Gasteiger partial charge in [-0.25, -0.2) is 9.97 Å². The maximum Gasteiger partial charge on any atom is 0.163 e. The summed E-state index contributed by atoms with van der Waals surface area (Å²) in [5, 5.41) is 5.29. The first-order valence-corrected chi connectivity index (χ1v) is 6.79. The van der Waals surface area contributed by atoms with Gasteiger partial charge in [-0.2, -0.15) is 5.10 Å². The number of hydrogen-bond acceptors (Lipinski definition) is 5. The highest BCUT2D eigenvalue weighted by Crippen LogP contribution is 2.25. The number of aryl methyl sites for hydroxylation is 1. The van der Waals surface area contributed by atoms with Gasteiger partial charge >= 0.3 is 0 Å². The van der Waals surface area contributed by atoms with Crippen LogP contribution in [0, 0.1) is 0 Å². The lowest BCUT2D eigenvalue weighted by Crippen LogP contribution is -2.37. The van der Waals surface area contributed by atoms with Crippen molar-refractivity contribution in [2.24, 2.45) is 7.05 Å². The molecule has 1 saturated heterocycles. The van der Waals surface area contributed by atoms with Crippen molar-refractivity contribution in [3.63, 3.8) is 0 Å². The van der Waals surface area contributed by atoms with Gasteiger partial charge in [0.05, 0.1) is 17.7 Å². The normalized spacial score (nSPS) is 17.3. The summed E-state index contributed by atoms with van der Waals surface area (Å²) in [4.78, 5) is 11.0. The monoisotopic (exact) mass is 261 g/mol. The summed E-state index contributed by atoms with van der Waals surface area (Å²) in [6.07, 6.45) is 5.97. The molecule has 6 heteroatoms. The van der Waals surface area contributed by atoms with Gasteiger partial charge in [0, 0.05) is 26.7 Å². The van der Waals surface area contributed by atoms with E-state index in [1.165, 1.54) is 0 Å². The van der Waals surface area contributed by atoms with Crippen molar-refractivity contribution in [3.8, 4) is 0 Å². The van der Waals surface area contributed by atoms with Gasteiger partial charge < -0.3 is 9.64 Å². The van der Waals surface area contributed by atoms with Gasteiger partial charge in [0.2, 0.25) is 0 Å². The third-order valence-electron chi connectivity index (χ3n) is 3.65. The summed E-state index contributed by atoms with van der Waals surface area (Å²) in [6, 6.07) is 0. The fourth-order valence-corrected chi connectivity index (χ4v) is 2.67. The van der Waals surface area contributed by atoms with Crippen LogP contribution in [0.2, 0.25) is 0 Å². The van der Waals surface area contributed by atoms with Crippen LogP contribution in [0.25, 0.3) is 11.0 Å². The molecule has 2 aromatic rings. The Kier molecular flexibility index (Phi) is 3.33. The molecular weight excluding hydrogens is 242 g/mol. The Bertz CT molecular complexity index is 559. The Balaban J connectivity index is 1.82. The van der Waals surface area contributed by atoms with E-state index in [0.29, 0.717) is 6.10 Å². The fourth-order valence-electron chi connectivity index (χ4n) is 2.67. The van der Waals surface area contributed by atoms with Crippen molar-refractivity contribution < 1.29 is 4.74 Å². The Morgan fingerprint density at radius 3 is 2.84 bits per heavy atom. The molecule has 2 aromatic heterocycles. The number of piperidine rings is 1. The highest BCUT2D eigenvalue weighted by Gasteiger charge is 2.22. The summed E-state index contributed by atoms with van der Waals surface area (Å²) < 4.78 is 7.47. The maximum atomic E-state index is 5.68. The zero-order valence-electron chi connectivity index (χ0n) is 11.4. The Morgan fingerprint density at radius 1 is 1.32 bits per heavy atom. The average molecular weight is 261 g/mol. The topological polar surface area (TPSA) is 56.1 Å². The first kappa shape index (κ1) is 12.3. The minimum atomic E-state index is 0.396. The Morgan fingerprint density at radius 2 is 2.11 bits per heavy atom. The van der Waals surface area contributed by atoms with Gasteiger partial charge in [-0.05, 0) is 19.8 Å². The standard InChI is InChI=1S/C13H19N5O/c1-3-19-10-4-6-18(7-5-10)13-11-8-16-17(2)12(11)14-9-15-13/h8-10H,3-7H2,1-2H3. The molecule has 6 nitrogen and oxygen atoms in total. The second-order valence-electron chi connectivity index (χ2n) is 4.84. The van der Waals surface area contributed by atoms with E-state index in [4.69, 9.17) is 4.74 Å². The predicted molar refractivity (Wildman–Crippen MR) is 73.2 cm³/mol. The van der Waals surface area contributed by atoms with Crippen LogP contribution < -0.4 is 4.90 Å². The number of aromatic nitrogens is 4. The quantitative estimate of drug-likeness (QED) is 0.835. The lowest BCUT2D eigenvalue weighted by Gasteiger charge is -2.32. The molecule has 0 unspecified atom stereocenters. The zero-order valence-corrected chi connectivity index (χ0v) is 11.4. The molecule has 3 heterocycles. The highest BCUT2D eigenvalue weighted by atomic mass is 16.5. The number of ether oxygens (including phenoxy) is 1. The van der Waals surface area contributed by atoms with Gasteiger partial charge in [0.25, 0.3) is 0 Å². The molecule has 0 aliphatic carbocycles. The lowest BCUT2D eigenvalue weighted by molar-refractivity contribution is 0.0459. The van der Waals surface area contributed by atoms with E-state index in [9.17, 15) is 0 Å². The van der Waals surface area contributed by atoms with Crippen molar-refractivity contribution >= 4 is 16.9 Å². The molecule has 0 saturated carbocycles. The van der Waals surface area contributed by atoms with E-state index in [2.05, 4.69) is 26.9 Å². The first-order chi connectivity index (χ1) is 9.29. The predicted octanol–water partition coefficient (Wildman–Crippen LogP) is 1.37. The van der Waals surface area contributed by atoms with Gasteiger partial charge in [-0.15, -0.1) is 0 Å². The van der Waals surface area contributed by atoms with Crippen molar-refractivity contribution in [1.82, 2.24) is 19.7 Å². The van der Waals surface area contributed by atoms with Gasteiger partial charge in [-0.3, -0.25) is 4.68 Å². The molecule has 1 fully saturated rings. The second-order valence-corrected chi connectivity index (χ2v) is 4.84. The molecule has 0 aromatic carbocycles. The number of rotatable bonds is 3. The number of anilines is 1. The SMILES string of the molecule is CCOC1CCN(c2ncnc3c2cnn3C)CC1. The van der Waals surface area contributed by atoms with E-state index in [1.807, 2.05) is 13.2 Å². The summed E-state index contributed by atoms with van der Waals surface area (Å²) in [5.74, 6) is 0.994. The van der Waals surface area contributed by atoms with Gasteiger partial charge in [-0.1, -0.05) is 0 Å². The molecule has 19 heavy (non-hydrogen) atoms. The molecule has 1 aliphatic heterocycles. The van der Waals surface area contributed by atoms with Crippen LogP contribution in [-0.4, -0.2) is 45.5 Å². The molecule has 1 aliphatic rings. The van der Waals surface area contributed by atoms with Crippen LogP contribution >= 0.6 is 0 Å². The van der Waals surface area contributed by atoms with Crippen LogP contribution in [0.5, 0.6) is 0 Å². The summed E-state index contributed by atoms with van der Waals surface area (Å²) in [6.45, 7) is 4.80.